The summed E-state index contributed by atoms with van der Waals surface area (Å²) < 4.78 is 1.58. The average molecular weight is 283 g/mol. The van der Waals surface area contributed by atoms with E-state index in [-0.39, 0.29) is 12.2 Å². The van der Waals surface area contributed by atoms with E-state index in [1.807, 2.05) is 30.3 Å². The lowest BCUT2D eigenvalue weighted by molar-refractivity contribution is -0.384. The molecule has 1 atom stereocenters. The average Bonchev–Trinajstić information content (AvgIpc) is 2.90. The van der Waals surface area contributed by atoms with Gasteiger partial charge in [-0.2, -0.15) is 5.10 Å². The lowest BCUT2D eigenvalue weighted by Crippen LogP contribution is -2.09. The van der Waals surface area contributed by atoms with Crippen LogP contribution >= 0.6 is 0 Å². The van der Waals surface area contributed by atoms with Crippen molar-refractivity contribution in [1.82, 2.24) is 9.78 Å². The Morgan fingerprint density at radius 1 is 1.24 bits per heavy atom. The Morgan fingerprint density at radius 3 is 2.71 bits per heavy atom. The maximum absolute atomic E-state index is 10.8. The highest BCUT2D eigenvalue weighted by Gasteiger charge is 2.13. The second kappa shape index (κ2) is 5.34. The first-order chi connectivity index (χ1) is 10.1. The molecule has 0 spiro atoms. The Morgan fingerprint density at radius 2 is 2.00 bits per heavy atom. The number of hydrogen-bond donors (Lipinski definition) is 1. The van der Waals surface area contributed by atoms with Gasteiger partial charge in [-0.05, 0) is 11.6 Å². The van der Waals surface area contributed by atoms with Crippen molar-refractivity contribution in [2.24, 2.45) is 0 Å². The summed E-state index contributed by atoms with van der Waals surface area (Å²) in [6, 6.07) is 13.8. The zero-order valence-corrected chi connectivity index (χ0v) is 11.1. The lowest BCUT2D eigenvalue weighted by Gasteiger charge is -2.11. The number of benzene rings is 2. The van der Waals surface area contributed by atoms with Gasteiger partial charge in [-0.3, -0.25) is 14.8 Å². The lowest BCUT2D eigenvalue weighted by atomic mass is 10.1. The molecule has 0 bridgehead atoms. The highest BCUT2D eigenvalue weighted by atomic mass is 16.6. The molecule has 0 saturated carbocycles. The first-order valence-electron chi connectivity index (χ1n) is 6.48. The Hall–Kier alpha value is -2.73. The van der Waals surface area contributed by atoms with E-state index in [4.69, 9.17) is 0 Å². The molecule has 6 nitrogen and oxygen atoms in total. The van der Waals surface area contributed by atoms with Gasteiger partial charge in [-0.1, -0.05) is 30.3 Å². The van der Waals surface area contributed by atoms with Crippen molar-refractivity contribution in [3.05, 3.63) is 70.4 Å². The van der Waals surface area contributed by atoms with Crippen LogP contribution in [0.2, 0.25) is 0 Å². The van der Waals surface area contributed by atoms with E-state index in [0.717, 1.165) is 10.9 Å². The Labute approximate surface area is 120 Å². The minimum Gasteiger partial charge on any atom is -0.386 e. The van der Waals surface area contributed by atoms with Crippen molar-refractivity contribution in [3.8, 4) is 0 Å². The van der Waals surface area contributed by atoms with Crippen LogP contribution < -0.4 is 0 Å². The minimum absolute atomic E-state index is 0.0125. The zero-order valence-electron chi connectivity index (χ0n) is 11.1. The van der Waals surface area contributed by atoms with Crippen molar-refractivity contribution in [1.29, 1.82) is 0 Å². The number of hydrogen-bond acceptors (Lipinski definition) is 4. The molecule has 1 heterocycles. The van der Waals surface area contributed by atoms with Crippen LogP contribution in [0, 0.1) is 10.1 Å². The maximum atomic E-state index is 10.8. The molecular weight excluding hydrogens is 270 g/mol. The van der Waals surface area contributed by atoms with Gasteiger partial charge >= 0.3 is 0 Å². The van der Waals surface area contributed by atoms with Gasteiger partial charge < -0.3 is 5.11 Å². The van der Waals surface area contributed by atoms with Gasteiger partial charge in [0.2, 0.25) is 0 Å². The first kappa shape index (κ1) is 13.3. The maximum Gasteiger partial charge on any atom is 0.271 e. The standard InChI is InChI=1S/C15H13N3O3/c19-15(11-4-2-1-3-5-11)10-17-14-8-13(18(20)21)7-6-12(14)9-16-17/h1-9,15,19H,10H2. The van der Waals surface area contributed by atoms with Crippen LogP contribution in [-0.4, -0.2) is 19.8 Å². The van der Waals surface area contributed by atoms with Crippen molar-refractivity contribution < 1.29 is 10.0 Å². The number of fused-ring (bicyclic) bond motifs is 1. The van der Waals surface area contributed by atoms with Gasteiger partial charge in [0.1, 0.15) is 0 Å². The summed E-state index contributed by atoms with van der Waals surface area (Å²) in [4.78, 5) is 10.4. The first-order valence-corrected chi connectivity index (χ1v) is 6.48. The largest absolute Gasteiger partial charge is 0.386 e. The van der Waals surface area contributed by atoms with Crippen molar-refractivity contribution in [2.75, 3.05) is 0 Å². The molecule has 21 heavy (non-hydrogen) atoms. The van der Waals surface area contributed by atoms with Gasteiger partial charge in [0.25, 0.3) is 5.69 Å². The third-order valence-electron chi connectivity index (χ3n) is 3.37. The minimum atomic E-state index is -0.714. The van der Waals surface area contributed by atoms with Crippen molar-refractivity contribution in [2.45, 2.75) is 12.6 Å². The monoisotopic (exact) mass is 283 g/mol. The predicted molar refractivity (Wildman–Crippen MR) is 77.8 cm³/mol. The topological polar surface area (TPSA) is 81.2 Å². The van der Waals surface area contributed by atoms with Crippen LogP contribution in [0.25, 0.3) is 10.9 Å². The molecule has 1 aromatic heterocycles. The highest BCUT2D eigenvalue weighted by Crippen LogP contribution is 2.22. The Kier molecular flexibility index (Phi) is 3.37. The zero-order chi connectivity index (χ0) is 14.8. The van der Waals surface area contributed by atoms with Crippen LogP contribution in [0.15, 0.2) is 54.7 Å². The van der Waals surface area contributed by atoms with Crippen molar-refractivity contribution in [3.63, 3.8) is 0 Å². The van der Waals surface area contributed by atoms with Gasteiger partial charge in [-0.25, -0.2) is 0 Å². The van der Waals surface area contributed by atoms with Gasteiger partial charge in [0.15, 0.2) is 0 Å². The summed E-state index contributed by atoms with van der Waals surface area (Å²) in [5, 5.41) is 26.1. The van der Waals surface area contributed by atoms with E-state index in [2.05, 4.69) is 5.10 Å². The SMILES string of the molecule is O=[N+]([O-])c1ccc2cnn(CC(O)c3ccccc3)c2c1. The molecule has 106 valence electrons. The van der Waals surface area contributed by atoms with E-state index >= 15 is 0 Å². The van der Waals surface area contributed by atoms with E-state index in [0.29, 0.717) is 5.52 Å². The number of aromatic nitrogens is 2. The van der Waals surface area contributed by atoms with E-state index in [1.54, 1.807) is 16.9 Å². The number of nitrogens with zero attached hydrogens (tertiary/aromatic N) is 3. The summed E-state index contributed by atoms with van der Waals surface area (Å²) in [5.74, 6) is 0. The van der Waals surface area contributed by atoms with Crippen LogP contribution in [0.3, 0.4) is 0 Å². The summed E-state index contributed by atoms with van der Waals surface area (Å²) in [6.45, 7) is 0.245. The second-order valence-electron chi connectivity index (χ2n) is 4.75. The summed E-state index contributed by atoms with van der Waals surface area (Å²) in [5.41, 5.74) is 1.43. The second-order valence-corrected chi connectivity index (χ2v) is 4.75. The smallest absolute Gasteiger partial charge is 0.271 e. The molecule has 0 saturated heterocycles. The predicted octanol–water partition coefficient (Wildman–Crippen LogP) is 2.68. The molecular formula is C15H13N3O3. The molecule has 2 aromatic carbocycles. The molecule has 0 aliphatic carbocycles. The molecule has 1 unspecified atom stereocenters. The molecule has 0 aliphatic rings. The number of aliphatic hydroxyl groups excluding tert-OH is 1. The molecule has 0 fully saturated rings. The summed E-state index contributed by atoms with van der Waals surface area (Å²) in [6.07, 6.45) is 0.921. The summed E-state index contributed by atoms with van der Waals surface area (Å²) in [7, 11) is 0. The number of nitro groups is 1. The van der Waals surface area contributed by atoms with Crippen molar-refractivity contribution >= 4 is 16.6 Å². The van der Waals surface area contributed by atoms with Gasteiger partial charge in [-0.15, -0.1) is 0 Å². The number of nitro benzene ring substituents is 1. The highest BCUT2D eigenvalue weighted by molar-refractivity contribution is 5.80. The normalized spacial score (nSPS) is 12.4. The molecule has 3 rings (SSSR count). The number of aliphatic hydroxyl groups is 1. The third-order valence-corrected chi connectivity index (χ3v) is 3.37. The summed E-state index contributed by atoms with van der Waals surface area (Å²) >= 11 is 0. The molecule has 6 heteroatoms. The molecule has 0 radical (unpaired) electrons. The van der Waals surface area contributed by atoms with Gasteiger partial charge in [0.05, 0.1) is 29.3 Å². The van der Waals surface area contributed by atoms with E-state index in [9.17, 15) is 15.2 Å². The Bertz CT molecular complexity index is 783. The fourth-order valence-corrected chi connectivity index (χ4v) is 2.26. The number of non-ortho nitro benzene ring substituents is 1. The molecule has 0 aliphatic heterocycles. The van der Waals surface area contributed by atoms with E-state index in [1.165, 1.54) is 12.1 Å². The van der Waals surface area contributed by atoms with E-state index < -0.39 is 11.0 Å². The fraction of sp³-hybridized carbons (Fsp3) is 0.133. The van der Waals surface area contributed by atoms with Gasteiger partial charge in [0, 0.05) is 17.5 Å². The molecule has 3 aromatic rings. The van der Waals surface area contributed by atoms with Crippen LogP contribution in [-0.2, 0) is 6.54 Å². The van der Waals surface area contributed by atoms with Crippen LogP contribution in [0.1, 0.15) is 11.7 Å². The quantitative estimate of drug-likeness (QED) is 0.589. The molecule has 0 amide bonds. The Balaban J connectivity index is 1.93. The van der Waals surface area contributed by atoms with Crippen LogP contribution in [0.5, 0.6) is 0 Å². The molecule has 1 N–H and O–H groups in total. The fourth-order valence-electron chi connectivity index (χ4n) is 2.26. The number of rotatable bonds is 4. The third kappa shape index (κ3) is 2.61. The van der Waals surface area contributed by atoms with Crippen LogP contribution in [0.4, 0.5) is 5.69 Å².